The van der Waals surface area contributed by atoms with Crippen LogP contribution in [0, 0.1) is 0 Å². The van der Waals surface area contributed by atoms with Crippen LogP contribution in [0.25, 0.3) is 39.2 Å². The van der Waals surface area contributed by atoms with Crippen molar-refractivity contribution in [3.63, 3.8) is 0 Å². The molecule has 3 aromatic carbocycles. The molecule has 0 amide bonds. The van der Waals surface area contributed by atoms with Crippen LogP contribution >= 0.6 is 0 Å². The van der Waals surface area contributed by atoms with Crippen molar-refractivity contribution in [3.8, 4) is 39.3 Å². The second-order valence-corrected chi connectivity index (χ2v) is 7.76. The summed E-state index contributed by atoms with van der Waals surface area (Å²) in [6.07, 6.45) is 0. The van der Waals surface area contributed by atoms with Gasteiger partial charge in [0.15, 0.2) is 0 Å². The van der Waals surface area contributed by atoms with Crippen LogP contribution in [0.2, 0.25) is 0 Å². The Morgan fingerprint density at radius 3 is 1.97 bits per heavy atom. The zero-order chi connectivity index (χ0) is 22.9. The van der Waals surface area contributed by atoms with E-state index in [0.29, 0.717) is 33.9 Å². The second kappa shape index (κ2) is 8.41. The van der Waals surface area contributed by atoms with E-state index in [0.717, 1.165) is 16.7 Å². The van der Waals surface area contributed by atoms with Gasteiger partial charge in [0.05, 0.1) is 30.5 Å². The Morgan fingerprint density at radius 1 is 0.818 bits per heavy atom. The largest absolute Gasteiger partial charge is 0.497 e. The maximum absolute atomic E-state index is 13.8. The summed E-state index contributed by atoms with van der Waals surface area (Å²) in [6, 6.07) is 26.9. The van der Waals surface area contributed by atoms with Gasteiger partial charge in [0.25, 0.3) is 5.56 Å². The average Bonchev–Trinajstić information content (AvgIpc) is 3.28. The maximum atomic E-state index is 13.8. The highest BCUT2D eigenvalue weighted by atomic mass is 16.5. The minimum atomic E-state index is -0.288. The fourth-order valence-electron chi connectivity index (χ4n) is 4.29. The van der Waals surface area contributed by atoms with Gasteiger partial charge >= 0.3 is 0 Å². The van der Waals surface area contributed by atoms with Crippen molar-refractivity contribution in [3.05, 3.63) is 101 Å². The second-order valence-electron chi connectivity index (χ2n) is 7.76. The molecular weight excluding hydrogens is 414 g/mol. The lowest BCUT2D eigenvalue weighted by atomic mass is 10.0. The molecular formula is C27H23N3O3. The quantitative estimate of drug-likeness (QED) is 0.439. The minimum absolute atomic E-state index is 0.281. The Balaban J connectivity index is 1.90. The molecule has 0 bridgehead atoms. The number of rotatable bonds is 5. The van der Waals surface area contributed by atoms with Crippen LogP contribution in [0.15, 0.2) is 89.7 Å². The molecule has 0 radical (unpaired) electrons. The summed E-state index contributed by atoms with van der Waals surface area (Å²) in [5.41, 5.74) is 5.40. The van der Waals surface area contributed by atoms with Gasteiger partial charge in [-0.15, -0.1) is 0 Å². The summed E-state index contributed by atoms with van der Waals surface area (Å²) < 4.78 is 8.56. The van der Waals surface area contributed by atoms with E-state index in [1.807, 2.05) is 84.4 Å². The van der Waals surface area contributed by atoms with Crippen LogP contribution in [0.3, 0.4) is 0 Å². The van der Waals surface area contributed by atoms with E-state index in [1.54, 1.807) is 19.2 Å². The molecule has 1 N–H and O–H groups in total. The van der Waals surface area contributed by atoms with E-state index in [2.05, 4.69) is 0 Å². The Labute approximate surface area is 191 Å². The van der Waals surface area contributed by atoms with Crippen LogP contribution in [-0.4, -0.2) is 26.4 Å². The SMILES string of the molecule is COc1ccc(-c2c(CO)n(C)c3c(-c4ccccc4)c(-c4ccccc4)nn3c2=O)cc1. The Bertz CT molecular complexity index is 1490. The number of aliphatic hydroxyl groups is 1. The molecule has 2 aromatic heterocycles. The molecule has 0 fully saturated rings. The maximum Gasteiger partial charge on any atom is 0.282 e. The Hall–Kier alpha value is -4.16. The molecule has 0 saturated carbocycles. The van der Waals surface area contributed by atoms with Crippen LogP contribution in [0.1, 0.15) is 5.69 Å². The highest BCUT2D eigenvalue weighted by Crippen LogP contribution is 2.36. The van der Waals surface area contributed by atoms with E-state index in [4.69, 9.17) is 9.84 Å². The summed E-state index contributed by atoms with van der Waals surface area (Å²) in [5.74, 6) is 0.694. The topological polar surface area (TPSA) is 68.8 Å². The van der Waals surface area contributed by atoms with Crippen molar-refractivity contribution in [2.24, 2.45) is 7.05 Å². The molecule has 5 rings (SSSR count). The van der Waals surface area contributed by atoms with E-state index in [1.165, 1.54) is 4.52 Å². The van der Waals surface area contributed by atoms with Crippen molar-refractivity contribution in [1.82, 2.24) is 14.2 Å². The molecule has 6 nitrogen and oxygen atoms in total. The molecule has 0 unspecified atom stereocenters. The zero-order valence-electron chi connectivity index (χ0n) is 18.4. The highest BCUT2D eigenvalue weighted by molar-refractivity contribution is 5.91. The summed E-state index contributed by atoms with van der Waals surface area (Å²) >= 11 is 0. The van der Waals surface area contributed by atoms with Gasteiger partial charge in [0.1, 0.15) is 17.1 Å². The number of benzene rings is 3. The fourth-order valence-corrected chi connectivity index (χ4v) is 4.29. The van der Waals surface area contributed by atoms with E-state index in [9.17, 15) is 9.90 Å². The van der Waals surface area contributed by atoms with Crippen molar-refractivity contribution in [2.75, 3.05) is 7.11 Å². The fraction of sp³-hybridized carbons (Fsp3) is 0.111. The number of nitrogens with zero attached hydrogens (tertiary/aromatic N) is 3. The molecule has 0 aliphatic carbocycles. The summed E-state index contributed by atoms with van der Waals surface area (Å²) in [5, 5.41) is 15.1. The highest BCUT2D eigenvalue weighted by Gasteiger charge is 2.24. The van der Waals surface area contributed by atoms with Gasteiger partial charge in [-0.25, -0.2) is 0 Å². The van der Waals surface area contributed by atoms with Crippen molar-refractivity contribution >= 4 is 5.65 Å². The molecule has 33 heavy (non-hydrogen) atoms. The third kappa shape index (κ3) is 3.41. The van der Waals surface area contributed by atoms with Gasteiger partial charge < -0.3 is 14.4 Å². The smallest absolute Gasteiger partial charge is 0.282 e. The van der Waals surface area contributed by atoms with Crippen LogP contribution in [0.4, 0.5) is 0 Å². The predicted octanol–water partition coefficient (Wildman–Crippen LogP) is 4.53. The molecule has 0 atom stereocenters. The molecule has 0 spiro atoms. The lowest BCUT2D eigenvalue weighted by Crippen LogP contribution is -2.24. The van der Waals surface area contributed by atoms with Gasteiger partial charge in [-0.05, 0) is 23.3 Å². The lowest BCUT2D eigenvalue weighted by Gasteiger charge is -2.15. The molecule has 0 saturated heterocycles. The number of fused-ring (bicyclic) bond motifs is 1. The van der Waals surface area contributed by atoms with E-state index < -0.39 is 0 Å². The standard InChI is InChI=1S/C27H23N3O3/c1-29-22(17-31)23(19-13-15-21(33-2)16-14-19)27(32)30-26(29)24(18-9-5-3-6-10-18)25(28-30)20-11-7-4-8-12-20/h3-16,31H,17H2,1-2H3. The molecule has 164 valence electrons. The first-order valence-electron chi connectivity index (χ1n) is 10.6. The van der Waals surface area contributed by atoms with Crippen LogP contribution in [0.5, 0.6) is 5.75 Å². The van der Waals surface area contributed by atoms with Gasteiger partial charge in [-0.3, -0.25) is 4.79 Å². The van der Waals surface area contributed by atoms with Gasteiger partial charge in [0, 0.05) is 12.6 Å². The van der Waals surface area contributed by atoms with Crippen molar-refractivity contribution in [1.29, 1.82) is 0 Å². The Morgan fingerprint density at radius 2 is 1.39 bits per heavy atom. The van der Waals surface area contributed by atoms with Crippen LogP contribution < -0.4 is 10.3 Å². The monoisotopic (exact) mass is 437 g/mol. The number of methoxy groups -OCH3 is 1. The third-order valence-electron chi connectivity index (χ3n) is 5.92. The van der Waals surface area contributed by atoms with E-state index >= 15 is 0 Å². The first-order chi connectivity index (χ1) is 16.1. The first kappa shape index (κ1) is 20.7. The van der Waals surface area contributed by atoms with Crippen molar-refractivity contribution in [2.45, 2.75) is 6.61 Å². The van der Waals surface area contributed by atoms with Gasteiger partial charge in [-0.1, -0.05) is 72.8 Å². The normalized spacial score (nSPS) is 11.1. The van der Waals surface area contributed by atoms with Crippen LogP contribution in [-0.2, 0) is 13.7 Å². The predicted molar refractivity (Wildman–Crippen MR) is 129 cm³/mol. The zero-order valence-corrected chi connectivity index (χ0v) is 18.4. The average molecular weight is 437 g/mol. The number of ether oxygens (including phenoxy) is 1. The summed E-state index contributed by atoms with van der Waals surface area (Å²) in [7, 11) is 3.45. The van der Waals surface area contributed by atoms with E-state index in [-0.39, 0.29) is 12.2 Å². The molecule has 6 heteroatoms. The van der Waals surface area contributed by atoms with Gasteiger partial charge in [-0.2, -0.15) is 9.61 Å². The first-order valence-corrected chi connectivity index (χ1v) is 10.6. The third-order valence-corrected chi connectivity index (χ3v) is 5.92. The summed E-state index contributed by atoms with van der Waals surface area (Å²) in [4.78, 5) is 13.8. The van der Waals surface area contributed by atoms with Crippen molar-refractivity contribution < 1.29 is 9.84 Å². The lowest BCUT2D eigenvalue weighted by molar-refractivity contribution is 0.272. The molecule has 2 heterocycles. The molecule has 0 aliphatic rings. The number of aryl methyl sites for hydroxylation is 1. The minimum Gasteiger partial charge on any atom is -0.497 e. The number of hydrogen-bond donors (Lipinski definition) is 1. The number of hydrogen-bond acceptors (Lipinski definition) is 4. The number of aliphatic hydroxyl groups excluding tert-OH is 1. The number of aromatic nitrogens is 3. The Kier molecular flexibility index (Phi) is 5.28. The van der Waals surface area contributed by atoms with Gasteiger partial charge in [0.2, 0.25) is 0 Å². The summed E-state index contributed by atoms with van der Waals surface area (Å²) in [6.45, 7) is -0.288. The molecule has 0 aliphatic heterocycles. The molecule has 5 aromatic rings.